The van der Waals surface area contributed by atoms with Gasteiger partial charge >= 0.3 is 0 Å². The first-order valence-corrected chi connectivity index (χ1v) is 9.38. The van der Waals surface area contributed by atoms with E-state index in [9.17, 15) is 5.11 Å². The third kappa shape index (κ3) is 1.97. The Hall–Kier alpha value is -0.0800. The zero-order chi connectivity index (χ0) is 14.8. The summed E-state index contributed by atoms with van der Waals surface area (Å²) in [5.41, 5.74) is 7.18. The first kappa shape index (κ1) is 14.5. The highest BCUT2D eigenvalue weighted by atomic mass is 16.3. The van der Waals surface area contributed by atoms with Crippen molar-refractivity contribution in [3.05, 3.63) is 0 Å². The highest BCUT2D eigenvalue weighted by Gasteiger charge is 2.58. The van der Waals surface area contributed by atoms with Crippen molar-refractivity contribution in [3.8, 4) is 0 Å². The van der Waals surface area contributed by atoms with Gasteiger partial charge in [0.15, 0.2) is 0 Å². The van der Waals surface area contributed by atoms with Gasteiger partial charge in [0.2, 0.25) is 0 Å². The van der Waals surface area contributed by atoms with E-state index in [0.29, 0.717) is 10.8 Å². The van der Waals surface area contributed by atoms with Crippen molar-refractivity contribution in [2.75, 3.05) is 0 Å². The molecule has 0 aromatic heterocycles. The Balaban J connectivity index is 1.63. The maximum Gasteiger partial charge on any atom is 0.0696 e. The lowest BCUT2D eigenvalue weighted by Gasteiger charge is -2.61. The van der Waals surface area contributed by atoms with Gasteiger partial charge in [0.05, 0.1) is 6.10 Å². The molecule has 4 aliphatic carbocycles. The van der Waals surface area contributed by atoms with Crippen LogP contribution in [0.15, 0.2) is 0 Å². The minimum atomic E-state index is -0.262. The molecule has 120 valence electrons. The maximum absolute atomic E-state index is 10.4. The quantitative estimate of drug-likeness (QED) is 0.714. The topological polar surface area (TPSA) is 46.2 Å². The van der Waals surface area contributed by atoms with Crippen molar-refractivity contribution in [1.82, 2.24) is 0 Å². The summed E-state index contributed by atoms with van der Waals surface area (Å²) in [5.74, 6) is 3.54. The highest BCUT2D eigenvalue weighted by molar-refractivity contribution is 5.08. The van der Waals surface area contributed by atoms with E-state index in [-0.39, 0.29) is 12.1 Å². The lowest BCUT2D eigenvalue weighted by Crippen LogP contribution is -2.57. The van der Waals surface area contributed by atoms with Crippen LogP contribution in [0.1, 0.15) is 71.6 Å². The van der Waals surface area contributed by atoms with Crippen molar-refractivity contribution in [3.63, 3.8) is 0 Å². The molecule has 0 aromatic rings. The summed E-state index contributed by atoms with van der Waals surface area (Å²) in [6, 6.07) is 0.0277. The Morgan fingerprint density at radius 2 is 1.81 bits per heavy atom. The van der Waals surface area contributed by atoms with Crippen LogP contribution in [-0.4, -0.2) is 17.3 Å². The first-order chi connectivity index (χ1) is 9.94. The molecule has 8 atom stereocenters. The van der Waals surface area contributed by atoms with Gasteiger partial charge in [0.25, 0.3) is 0 Å². The Kier molecular flexibility index (Phi) is 3.25. The van der Waals surface area contributed by atoms with Crippen LogP contribution in [0.3, 0.4) is 0 Å². The summed E-state index contributed by atoms with van der Waals surface area (Å²) in [7, 11) is 0. The normalized spacial score (nSPS) is 60.0. The monoisotopic (exact) mass is 291 g/mol. The van der Waals surface area contributed by atoms with Gasteiger partial charge in [-0.3, -0.25) is 0 Å². The van der Waals surface area contributed by atoms with Crippen LogP contribution >= 0.6 is 0 Å². The van der Waals surface area contributed by atoms with Crippen LogP contribution in [0.2, 0.25) is 0 Å². The van der Waals surface area contributed by atoms with Crippen LogP contribution in [0.5, 0.6) is 0 Å². The summed E-state index contributed by atoms with van der Waals surface area (Å²) >= 11 is 0. The molecule has 0 spiro atoms. The van der Waals surface area contributed by atoms with Gasteiger partial charge < -0.3 is 10.8 Å². The minimum Gasteiger partial charge on any atom is -0.391 e. The second-order valence-corrected chi connectivity index (χ2v) is 9.41. The largest absolute Gasteiger partial charge is 0.391 e. The Bertz CT molecular complexity index is 424. The molecule has 0 bridgehead atoms. The first-order valence-electron chi connectivity index (χ1n) is 9.38. The molecule has 0 aliphatic heterocycles. The molecule has 21 heavy (non-hydrogen) atoms. The summed E-state index contributed by atoms with van der Waals surface area (Å²) in [6.45, 7) is 5.07. The fourth-order valence-corrected chi connectivity index (χ4v) is 7.32. The molecular formula is C19H33NO. The number of rotatable bonds is 0. The molecule has 0 saturated heterocycles. The van der Waals surface area contributed by atoms with Crippen LogP contribution in [-0.2, 0) is 0 Å². The van der Waals surface area contributed by atoms with Gasteiger partial charge in [-0.05, 0) is 85.9 Å². The van der Waals surface area contributed by atoms with Gasteiger partial charge in [-0.25, -0.2) is 0 Å². The van der Waals surface area contributed by atoms with E-state index in [4.69, 9.17) is 5.73 Å². The summed E-state index contributed by atoms with van der Waals surface area (Å²) in [5, 5.41) is 10.4. The average molecular weight is 291 g/mol. The number of aliphatic hydroxyl groups is 1. The summed E-state index contributed by atoms with van der Waals surface area (Å²) in [6.07, 6.45) is 11.8. The molecule has 2 nitrogen and oxygen atoms in total. The zero-order valence-corrected chi connectivity index (χ0v) is 13.9. The van der Waals surface area contributed by atoms with Crippen LogP contribution in [0.4, 0.5) is 0 Å². The van der Waals surface area contributed by atoms with Crippen LogP contribution < -0.4 is 5.73 Å². The van der Waals surface area contributed by atoms with E-state index in [2.05, 4.69) is 13.8 Å². The van der Waals surface area contributed by atoms with Gasteiger partial charge in [0.1, 0.15) is 0 Å². The second kappa shape index (κ2) is 4.71. The molecule has 2 heteroatoms. The van der Waals surface area contributed by atoms with E-state index >= 15 is 0 Å². The van der Waals surface area contributed by atoms with Crippen molar-refractivity contribution in [2.45, 2.75) is 83.8 Å². The Labute approximate surface area is 129 Å². The summed E-state index contributed by atoms with van der Waals surface area (Å²) < 4.78 is 0. The van der Waals surface area contributed by atoms with Crippen LogP contribution in [0, 0.1) is 34.5 Å². The third-order valence-electron chi connectivity index (χ3n) is 8.55. The maximum atomic E-state index is 10.4. The van der Waals surface area contributed by atoms with Crippen LogP contribution in [0.25, 0.3) is 0 Å². The molecule has 0 aromatic carbocycles. The highest BCUT2D eigenvalue weighted by Crippen LogP contribution is 2.66. The summed E-state index contributed by atoms with van der Waals surface area (Å²) in [4.78, 5) is 0. The number of hydrogen-bond donors (Lipinski definition) is 2. The Morgan fingerprint density at radius 3 is 2.62 bits per heavy atom. The Morgan fingerprint density at radius 1 is 1.00 bits per heavy atom. The third-order valence-corrected chi connectivity index (χ3v) is 8.55. The van der Waals surface area contributed by atoms with E-state index in [1.807, 2.05) is 0 Å². The molecule has 0 amide bonds. The minimum absolute atomic E-state index is 0.0277. The van der Waals surface area contributed by atoms with Crippen molar-refractivity contribution < 1.29 is 5.11 Å². The lowest BCUT2D eigenvalue weighted by molar-refractivity contribution is -0.129. The fraction of sp³-hybridized carbons (Fsp3) is 1.00. The molecule has 4 fully saturated rings. The molecule has 3 N–H and O–H groups in total. The van der Waals surface area contributed by atoms with Gasteiger partial charge in [-0.1, -0.05) is 20.3 Å². The van der Waals surface area contributed by atoms with Crippen molar-refractivity contribution in [2.24, 2.45) is 40.2 Å². The van der Waals surface area contributed by atoms with E-state index < -0.39 is 0 Å². The number of aliphatic hydroxyl groups excluding tert-OH is 1. The zero-order valence-electron chi connectivity index (χ0n) is 13.9. The fourth-order valence-electron chi connectivity index (χ4n) is 7.32. The average Bonchev–Trinajstić information content (AvgIpc) is 2.82. The predicted molar refractivity (Wildman–Crippen MR) is 85.7 cm³/mol. The van der Waals surface area contributed by atoms with Gasteiger partial charge in [-0.2, -0.15) is 0 Å². The molecule has 4 rings (SSSR count). The SMILES string of the molecule is CC12CCCC1C1CCC3CC(N)C(O)CC3(C)C1CC2. The van der Waals surface area contributed by atoms with E-state index in [1.165, 1.54) is 44.9 Å². The molecule has 8 unspecified atom stereocenters. The van der Waals surface area contributed by atoms with Gasteiger partial charge in [-0.15, -0.1) is 0 Å². The van der Waals surface area contributed by atoms with E-state index in [0.717, 1.165) is 36.5 Å². The smallest absolute Gasteiger partial charge is 0.0696 e. The number of fused-ring (bicyclic) bond motifs is 5. The lowest BCUT2D eigenvalue weighted by atomic mass is 9.45. The van der Waals surface area contributed by atoms with E-state index in [1.54, 1.807) is 0 Å². The standard InChI is InChI=1S/C19H33NO/c1-18-8-3-4-14(18)13-6-5-12-10-16(20)17(21)11-19(12,2)15(13)7-9-18/h12-17,21H,3-11,20H2,1-2H3. The molecule has 0 radical (unpaired) electrons. The van der Waals surface area contributed by atoms with Crippen molar-refractivity contribution in [1.29, 1.82) is 0 Å². The predicted octanol–water partition coefficient (Wildman–Crippen LogP) is 3.72. The molecule has 4 saturated carbocycles. The second-order valence-electron chi connectivity index (χ2n) is 9.41. The van der Waals surface area contributed by atoms with Gasteiger partial charge in [0, 0.05) is 6.04 Å². The molecule has 4 aliphatic rings. The molecular weight excluding hydrogens is 258 g/mol. The number of nitrogens with two attached hydrogens (primary N) is 1. The van der Waals surface area contributed by atoms with Crippen molar-refractivity contribution >= 4 is 0 Å². The number of hydrogen-bond acceptors (Lipinski definition) is 2. The molecule has 0 heterocycles.